The molecule has 0 aliphatic rings. The number of hydrogen-bond acceptors (Lipinski definition) is 9. The first kappa shape index (κ1) is 24.3. The largest absolute Gasteiger partial charge is 0.495 e. The summed E-state index contributed by atoms with van der Waals surface area (Å²) in [5.41, 5.74) is 2.34. The number of hydrogen-bond donors (Lipinski definition) is 3. The summed E-state index contributed by atoms with van der Waals surface area (Å²) < 4.78 is 11.5. The summed E-state index contributed by atoms with van der Waals surface area (Å²) >= 11 is 2.58. The lowest BCUT2D eigenvalue weighted by molar-refractivity contribution is -0.122. The van der Waals surface area contributed by atoms with Gasteiger partial charge in [0.05, 0.1) is 37.4 Å². The minimum absolute atomic E-state index is 0.116. The van der Waals surface area contributed by atoms with Gasteiger partial charge in [0, 0.05) is 0 Å². The van der Waals surface area contributed by atoms with Crippen LogP contribution in [0.2, 0.25) is 0 Å². The summed E-state index contributed by atoms with van der Waals surface area (Å²) in [6.45, 7) is 4.25. The molecule has 0 atom stereocenters. The number of nitrogens with zero attached hydrogens (tertiary/aromatic N) is 2. The Balaban J connectivity index is 1.45. The van der Waals surface area contributed by atoms with E-state index in [1.165, 1.54) is 30.2 Å². The van der Waals surface area contributed by atoms with Crippen molar-refractivity contribution in [3.8, 4) is 11.5 Å². The number of anilines is 3. The molecule has 0 unspecified atom stereocenters. The van der Waals surface area contributed by atoms with Crippen LogP contribution in [0.1, 0.15) is 12.5 Å². The van der Waals surface area contributed by atoms with Crippen molar-refractivity contribution in [2.75, 3.05) is 36.6 Å². The van der Waals surface area contributed by atoms with Crippen molar-refractivity contribution < 1.29 is 19.1 Å². The molecule has 33 heavy (non-hydrogen) atoms. The lowest BCUT2D eigenvalue weighted by atomic mass is 10.2. The van der Waals surface area contributed by atoms with Crippen molar-refractivity contribution in [3.63, 3.8) is 0 Å². The number of carbonyl (C=O) groups excluding carboxylic acids is 2. The number of aryl methyl sites for hydroxylation is 1. The second-order valence-corrected chi connectivity index (χ2v) is 8.94. The monoisotopic (exact) mass is 487 g/mol. The first-order chi connectivity index (χ1) is 16.0. The quantitative estimate of drug-likeness (QED) is 0.350. The molecule has 0 spiro atoms. The molecule has 0 fully saturated rings. The van der Waals surface area contributed by atoms with E-state index in [2.05, 4.69) is 26.1 Å². The number of aromatic nitrogens is 2. The fourth-order valence-corrected chi connectivity index (χ4v) is 4.35. The molecule has 174 valence electrons. The molecular formula is C22H25N5O4S2. The molecule has 3 aromatic rings. The van der Waals surface area contributed by atoms with Gasteiger partial charge in [-0.05, 0) is 43.7 Å². The van der Waals surface area contributed by atoms with Crippen molar-refractivity contribution in [1.29, 1.82) is 0 Å². The summed E-state index contributed by atoms with van der Waals surface area (Å²) in [6, 6.07) is 13.0. The standard InChI is InChI=1S/C22H25N5O4S2/c1-4-31-18-8-6-5-7-15(18)25-21-26-27-22(33-21)32-13-20(29)23-12-19(28)24-16-11-14(2)9-10-17(16)30-3/h5-11H,4,12-13H2,1-3H3,(H,23,29)(H,24,28)(H,25,26). The van der Waals surface area contributed by atoms with Crippen LogP contribution in [0, 0.1) is 6.92 Å². The highest BCUT2D eigenvalue weighted by Crippen LogP contribution is 2.31. The van der Waals surface area contributed by atoms with Crippen LogP contribution < -0.4 is 25.4 Å². The molecule has 0 aliphatic heterocycles. The third kappa shape index (κ3) is 7.36. The van der Waals surface area contributed by atoms with E-state index in [9.17, 15) is 9.59 Å². The predicted octanol–water partition coefficient (Wildman–Crippen LogP) is 3.84. The minimum atomic E-state index is -0.340. The Labute approximate surface area is 200 Å². The molecule has 3 N–H and O–H groups in total. The van der Waals surface area contributed by atoms with Gasteiger partial charge < -0.3 is 25.4 Å². The van der Waals surface area contributed by atoms with Crippen LogP contribution in [0.25, 0.3) is 0 Å². The summed E-state index contributed by atoms with van der Waals surface area (Å²) in [5.74, 6) is 0.779. The highest BCUT2D eigenvalue weighted by molar-refractivity contribution is 8.01. The molecule has 11 heteroatoms. The van der Waals surface area contributed by atoms with Crippen LogP contribution in [-0.4, -0.2) is 48.0 Å². The molecule has 0 saturated carbocycles. The van der Waals surface area contributed by atoms with Gasteiger partial charge in [-0.2, -0.15) is 0 Å². The average molecular weight is 488 g/mol. The maximum atomic E-state index is 12.2. The number of thioether (sulfide) groups is 1. The van der Waals surface area contributed by atoms with Crippen molar-refractivity contribution in [2.45, 2.75) is 18.2 Å². The molecule has 1 aromatic heterocycles. The lowest BCUT2D eigenvalue weighted by Crippen LogP contribution is -2.34. The number of rotatable bonds is 11. The number of para-hydroxylation sites is 2. The summed E-state index contributed by atoms with van der Waals surface area (Å²) in [5, 5.41) is 17.3. The van der Waals surface area contributed by atoms with Gasteiger partial charge in [-0.3, -0.25) is 9.59 Å². The molecule has 0 saturated heterocycles. The van der Waals surface area contributed by atoms with Gasteiger partial charge in [-0.25, -0.2) is 0 Å². The van der Waals surface area contributed by atoms with E-state index in [1.54, 1.807) is 6.07 Å². The molecule has 0 bridgehead atoms. The van der Waals surface area contributed by atoms with Gasteiger partial charge in [-0.15, -0.1) is 10.2 Å². The zero-order chi connectivity index (χ0) is 23.6. The molecule has 9 nitrogen and oxygen atoms in total. The van der Waals surface area contributed by atoms with E-state index in [0.717, 1.165) is 17.0 Å². The maximum Gasteiger partial charge on any atom is 0.243 e. The van der Waals surface area contributed by atoms with E-state index >= 15 is 0 Å². The fraction of sp³-hybridized carbons (Fsp3) is 0.273. The third-order valence-corrected chi connectivity index (χ3v) is 6.21. The van der Waals surface area contributed by atoms with Gasteiger partial charge in [0.15, 0.2) is 4.34 Å². The Morgan fingerprint density at radius 2 is 1.88 bits per heavy atom. The zero-order valence-electron chi connectivity index (χ0n) is 18.5. The zero-order valence-corrected chi connectivity index (χ0v) is 20.1. The third-order valence-electron chi connectivity index (χ3n) is 4.24. The van der Waals surface area contributed by atoms with E-state index < -0.39 is 0 Å². The summed E-state index contributed by atoms with van der Waals surface area (Å²) in [4.78, 5) is 24.3. The first-order valence-corrected chi connectivity index (χ1v) is 11.9. The SMILES string of the molecule is CCOc1ccccc1Nc1nnc(SCC(=O)NCC(=O)Nc2cc(C)ccc2OC)s1. The van der Waals surface area contributed by atoms with Gasteiger partial charge in [-0.1, -0.05) is 41.3 Å². The number of nitrogens with one attached hydrogen (secondary N) is 3. The van der Waals surface area contributed by atoms with Crippen molar-refractivity contribution >= 4 is 51.4 Å². The number of ether oxygens (including phenoxy) is 2. The smallest absolute Gasteiger partial charge is 0.243 e. The topological polar surface area (TPSA) is 114 Å². The predicted molar refractivity (Wildman–Crippen MR) is 131 cm³/mol. The van der Waals surface area contributed by atoms with E-state index in [1.807, 2.05) is 50.2 Å². The fourth-order valence-electron chi connectivity index (χ4n) is 2.76. The van der Waals surface area contributed by atoms with Crippen LogP contribution >= 0.6 is 23.1 Å². The second kappa shape index (κ2) is 12.1. The van der Waals surface area contributed by atoms with E-state index in [-0.39, 0.29) is 24.1 Å². The van der Waals surface area contributed by atoms with Gasteiger partial charge >= 0.3 is 0 Å². The Morgan fingerprint density at radius 3 is 2.67 bits per heavy atom. The van der Waals surface area contributed by atoms with Crippen LogP contribution in [0.5, 0.6) is 11.5 Å². The highest BCUT2D eigenvalue weighted by Gasteiger charge is 2.12. The van der Waals surface area contributed by atoms with Crippen molar-refractivity contribution in [3.05, 3.63) is 48.0 Å². The van der Waals surface area contributed by atoms with Crippen LogP contribution in [0.4, 0.5) is 16.5 Å². The Morgan fingerprint density at radius 1 is 1.06 bits per heavy atom. The second-order valence-electron chi connectivity index (χ2n) is 6.74. The van der Waals surface area contributed by atoms with Gasteiger partial charge in [0.2, 0.25) is 16.9 Å². The van der Waals surface area contributed by atoms with Crippen LogP contribution in [0.3, 0.4) is 0 Å². The van der Waals surface area contributed by atoms with Crippen molar-refractivity contribution in [1.82, 2.24) is 15.5 Å². The number of benzene rings is 2. The Bertz CT molecular complexity index is 1110. The van der Waals surface area contributed by atoms with Crippen LogP contribution in [-0.2, 0) is 9.59 Å². The molecule has 0 aliphatic carbocycles. The van der Waals surface area contributed by atoms with Crippen molar-refractivity contribution in [2.24, 2.45) is 0 Å². The molecule has 0 radical (unpaired) electrons. The van der Waals surface area contributed by atoms with E-state index in [4.69, 9.17) is 9.47 Å². The summed E-state index contributed by atoms with van der Waals surface area (Å²) in [7, 11) is 1.53. The number of amides is 2. The Hall–Kier alpha value is -3.31. The summed E-state index contributed by atoms with van der Waals surface area (Å²) in [6.07, 6.45) is 0. The maximum absolute atomic E-state index is 12.2. The average Bonchev–Trinajstić information content (AvgIpc) is 3.25. The van der Waals surface area contributed by atoms with Gasteiger partial charge in [0.25, 0.3) is 0 Å². The number of methoxy groups -OCH3 is 1. The molecule has 1 heterocycles. The minimum Gasteiger partial charge on any atom is -0.495 e. The lowest BCUT2D eigenvalue weighted by Gasteiger charge is -2.11. The Kier molecular flexibility index (Phi) is 8.90. The molecular weight excluding hydrogens is 462 g/mol. The molecule has 3 rings (SSSR count). The van der Waals surface area contributed by atoms with Crippen LogP contribution in [0.15, 0.2) is 46.8 Å². The van der Waals surface area contributed by atoms with E-state index in [0.29, 0.717) is 27.5 Å². The normalized spacial score (nSPS) is 10.4. The first-order valence-electron chi connectivity index (χ1n) is 10.1. The van der Waals surface area contributed by atoms with Gasteiger partial charge in [0.1, 0.15) is 11.5 Å². The highest BCUT2D eigenvalue weighted by atomic mass is 32.2. The molecule has 2 aromatic carbocycles. The molecule has 2 amide bonds. The number of carbonyl (C=O) groups is 2.